The van der Waals surface area contributed by atoms with E-state index in [1.165, 1.54) is 0 Å². The van der Waals surface area contributed by atoms with Crippen LogP contribution >= 0.6 is 0 Å². The predicted octanol–water partition coefficient (Wildman–Crippen LogP) is 1.80. The fourth-order valence-corrected chi connectivity index (χ4v) is 1.76. The van der Waals surface area contributed by atoms with Crippen molar-refractivity contribution in [2.75, 3.05) is 6.54 Å². The molecule has 2 aliphatic heterocycles. The Morgan fingerprint density at radius 3 is 2.93 bits per heavy atom. The lowest BCUT2D eigenvalue weighted by Gasteiger charge is -2.28. The van der Waals surface area contributed by atoms with Gasteiger partial charge in [-0.3, -0.25) is 5.01 Å². The maximum atomic E-state index is 4.27. The van der Waals surface area contributed by atoms with Crippen LogP contribution in [0.2, 0.25) is 19.6 Å². The van der Waals surface area contributed by atoms with Crippen molar-refractivity contribution in [3.8, 4) is 11.6 Å². The van der Waals surface area contributed by atoms with Gasteiger partial charge in [-0.25, -0.2) is 10.0 Å². The van der Waals surface area contributed by atoms with E-state index in [1.54, 1.807) is 0 Å². The molecule has 2 aliphatic rings. The summed E-state index contributed by atoms with van der Waals surface area (Å²) in [5, 5.41) is 3.99. The van der Waals surface area contributed by atoms with E-state index in [0.29, 0.717) is 0 Å². The molecule has 2 heterocycles. The molecule has 0 fully saturated rings. The average Bonchev–Trinajstić information content (AvgIpc) is 2.61. The van der Waals surface area contributed by atoms with Crippen molar-refractivity contribution in [2.45, 2.75) is 19.6 Å². The van der Waals surface area contributed by atoms with Crippen LogP contribution < -0.4 is 0 Å². The van der Waals surface area contributed by atoms with Gasteiger partial charge in [-0.1, -0.05) is 19.6 Å². The molecule has 0 saturated carbocycles. The van der Waals surface area contributed by atoms with E-state index in [4.69, 9.17) is 0 Å². The van der Waals surface area contributed by atoms with E-state index in [-0.39, 0.29) is 0 Å². The molecule has 0 N–H and O–H groups in total. The normalized spacial score (nSPS) is 18.5. The lowest BCUT2D eigenvalue weighted by atomic mass is 10.4. The fourth-order valence-electron chi connectivity index (χ4n) is 1.31. The highest BCUT2D eigenvalue weighted by atomic mass is 28.3. The first-order chi connectivity index (χ1) is 7.06. The molecule has 0 aliphatic carbocycles. The van der Waals surface area contributed by atoms with E-state index in [0.717, 1.165) is 12.4 Å². The minimum atomic E-state index is -1.31. The molecular weight excluding hydrogens is 202 g/mol. The largest absolute Gasteiger partial charge is 0.251 e. The summed E-state index contributed by atoms with van der Waals surface area (Å²) in [6.07, 6.45) is 7.86. The van der Waals surface area contributed by atoms with Crippen molar-refractivity contribution >= 4 is 14.3 Å². The molecule has 3 nitrogen and oxygen atoms in total. The van der Waals surface area contributed by atoms with Gasteiger partial charge in [-0.05, 0) is 12.2 Å². The molecule has 0 spiro atoms. The Morgan fingerprint density at radius 1 is 1.40 bits per heavy atom. The number of rotatable bonds is 0. The van der Waals surface area contributed by atoms with Gasteiger partial charge in [0.25, 0.3) is 0 Å². The minimum absolute atomic E-state index is 0.816. The third-order valence-corrected chi connectivity index (χ3v) is 2.88. The second-order valence-corrected chi connectivity index (χ2v) is 9.34. The second kappa shape index (κ2) is 3.59. The molecule has 15 heavy (non-hydrogen) atoms. The highest BCUT2D eigenvalue weighted by Gasteiger charge is 2.19. The third-order valence-electron chi connectivity index (χ3n) is 2.02. The highest BCUT2D eigenvalue weighted by molar-refractivity contribution is 6.83. The minimum Gasteiger partial charge on any atom is -0.251 e. The van der Waals surface area contributed by atoms with Gasteiger partial charge in [-0.15, -0.1) is 5.54 Å². The molecule has 2 rings (SSSR count). The van der Waals surface area contributed by atoms with Crippen LogP contribution in [0.1, 0.15) is 0 Å². The molecular formula is C11H15N3Si. The number of hydrazine groups is 1. The zero-order valence-electron chi connectivity index (χ0n) is 9.36. The molecule has 0 unspecified atom stereocenters. The molecule has 0 radical (unpaired) electrons. The van der Waals surface area contributed by atoms with Crippen molar-refractivity contribution in [3.63, 3.8) is 0 Å². The van der Waals surface area contributed by atoms with E-state index >= 15 is 0 Å². The molecule has 4 heteroatoms. The molecule has 0 aromatic heterocycles. The van der Waals surface area contributed by atoms with Crippen molar-refractivity contribution in [3.05, 3.63) is 24.2 Å². The van der Waals surface area contributed by atoms with Crippen LogP contribution in [0.15, 0.2) is 29.2 Å². The Balaban J connectivity index is 2.15. The number of allylic oxidation sites excluding steroid dienone is 2. The first-order valence-corrected chi connectivity index (χ1v) is 8.57. The number of fused-ring (bicyclic) bond motifs is 1. The Morgan fingerprint density at radius 2 is 2.20 bits per heavy atom. The summed E-state index contributed by atoms with van der Waals surface area (Å²) in [6, 6.07) is 3.20. The number of hydrogen-bond acceptors (Lipinski definition) is 3. The van der Waals surface area contributed by atoms with E-state index in [2.05, 4.69) is 41.2 Å². The third kappa shape index (κ3) is 2.31. The van der Waals surface area contributed by atoms with Gasteiger partial charge in [0.2, 0.25) is 0 Å². The molecule has 0 amide bonds. The summed E-state index contributed by atoms with van der Waals surface area (Å²) >= 11 is 0. The summed E-state index contributed by atoms with van der Waals surface area (Å²) in [4.78, 5) is 4.27. The maximum Gasteiger partial charge on any atom is 0.148 e. The topological polar surface area (TPSA) is 18.8 Å². The Hall–Kier alpha value is -1.47. The van der Waals surface area contributed by atoms with Gasteiger partial charge in [0.1, 0.15) is 13.9 Å². The zero-order chi connectivity index (χ0) is 10.9. The molecule has 0 aromatic carbocycles. The Kier molecular flexibility index (Phi) is 2.41. The first kappa shape index (κ1) is 10.1. The lowest BCUT2D eigenvalue weighted by molar-refractivity contribution is 0.154. The monoisotopic (exact) mass is 217 g/mol. The van der Waals surface area contributed by atoms with Gasteiger partial charge in [0.15, 0.2) is 0 Å². The van der Waals surface area contributed by atoms with Crippen LogP contribution in [0.25, 0.3) is 0 Å². The summed E-state index contributed by atoms with van der Waals surface area (Å²) in [5.74, 6) is 0.974. The molecule has 78 valence electrons. The standard InChI is InChI=1S/C11H15N3Si/c1-15(2,3)10-9-13-7-4-5-11-12-6-8-14(11)13/h4-7H,8H2,1-3H3. The van der Waals surface area contributed by atoms with Crippen molar-refractivity contribution in [1.82, 2.24) is 10.0 Å². The van der Waals surface area contributed by atoms with Crippen LogP contribution in [0, 0.1) is 11.6 Å². The SMILES string of the molecule is C[Si](C)(C)C#CN1C=CC=C2N=CCN21. The van der Waals surface area contributed by atoms with E-state index in [1.807, 2.05) is 29.6 Å². The molecule has 0 aromatic rings. The molecule has 0 saturated heterocycles. The predicted molar refractivity (Wildman–Crippen MR) is 65.4 cm³/mol. The number of aliphatic imine (C=N–C) groups is 1. The lowest BCUT2D eigenvalue weighted by Crippen LogP contribution is -2.35. The van der Waals surface area contributed by atoms with E-state index in [9.17, 15) is 0 Å². The van der Waals surface area contributed by atoms with Gasteiger partial charge < -0.3 is 0 Å². The molecule has 0 atom stereocenters. The summed E-state index contributed by atoms with van der Waals surface area (Å²) in [7, 11) is -1.31. The summed E-state index contributed by atoms with van der Waals surface area (Å²) in [6.45, 7) is 7.54. The van der Waals surface area contributed by atoms with Crippen molar-refractivity contribution in [1.29, 1.82) is 0 Å². The van der Waals surface area contributed by atoms with Crippen molar-refractivity contribution in [2.24, 2.45) is 4.99 Å². The van der Waals surface area contributed by atoms with Crippen LogP contribution in [-0.4, -0.2) is 30.9 Å². The second-order valence-electron chi connectivity index (χ2n) is 4.59. The quantitative estimate of drug-likeness (QED) is 0.455. The van der Waals surface area contributed by atoms with Gasteiger partial charge in [0.05, 0.1) is 6.54 Å². The van der Waals surface area contributed by atoms with Crippen LogP contribution in [0.4, 0.5) is 0 Å². The van der Waals surface area contributed by atoms with Gasteiger partial charge in [-0.2, -0.15) is 0 Å². The van der Waals surface area contributed by atoms with Gasteiger partial charge in [0, 0.05) is 18.5 Å². The molecule has 0 bridgehead atoms. The zero-order valence-corrected chi connectivity index (χ0v) is 10.4. The fraction of sp³-hybridized carbons (Fsp3) is 0.364. The maximum absolute atomic E-state index is 4.27. The Labute approximate surface area is 91.8 Å². The van der Waals surface area contributed by atoms with Crippen LogP contribution in [0.3, 0.4) is 0 Å². The summed E-state index contributed by atoms with van der Waals surface area (Å²) in [5.41, 5.74) is 3.34. The summed E-state index contributed by atoms with van der Waals surface area (Å²) < 4.78 is 0. The van der Waals surface area contributed by atoms with Crippen molar-refractivity contribution < 1.29 is 0 Å². The smallest absolute Gasteiger partial charge is 0.148 e. The number of hydrogen-bond donors (Lipinski definition) is 0. The van der Waals surface area contributed by atoms with Crippen LogP contribution in [-0.2, 0) is 0 Å². The first-order valence-electron chi connectivity index (χ1n) is 5.07. The average molecular weight is 217 g/mol. The van der Waals surface area contributed by atoms with Gasteiger partial charge >= 0.3 is 0 Å². The number of nitrogens with zero attached hydrogens (tertiary/aromatic N) is 3. The Bertz CT molecular complexity index is 404. The highest BCUT2D eigenvalue weighted by Crippen LogP contribution is 2.18. The van der Waals surface area contributed by atoms with E-state index < -0.39 is 8.07 Å². The van der Waals surface area contributed by atoms with Crippen LogP contribution in [0.5, 0.6) is 0 Å².